The summed E-state index contributed by atoms with van der Waals surface area (Å²) >= 11 is 0. The van der Waals surface area contributed by atoms with E-state index in [0.29, 0.717) is 18.3 Å². The molecule has 0 bridgehead atoms. The van der Waals surface area contributed by atoms with Gasteiger partial charge in [-0.2, -0.15) is 0 Å². The van der Waals surface area contributed by atoms with E-state index in [1.807, 2.05) is 0 Å². The van der Waals surface area contributed by atoms with Crippen LogP contribution in [0.2, 0.25) is 0 Å². The Balaban J connectivity index is 1.62. The Bertz CT molecular complexity index is 922. The van der Waals surface area contributed by atoms with Crippen molar-refractivity contribution in [2.75, 3.05) is 6.61 Å². The van der Waals surface area contributed by atoms with Crippen LogP contribution in [-0.2, 0) is 33.4 Å². The Morgan fingerprint density at radius 3 is 2.26 bits per heavy atom. The standard InChI is InChI=1S/C27H38O7/c1-16(28)32-15-24(31)27(34-18(3)30)13-10-23-21-7-6-19-14-20(33-17(2)29)8-11-25(19,4)22(21)9-12-26(23,27)5/h6,20-23H,7-15H2,1-5H3/t20-,21+,22-,23-,25-,26-,27-/m0/s1. The van der Waals surface area contributed by atoms with Crippen LogP contribution in [-0.4, -0.2) is 42.0 Å². The molecule has 0 aromatic carbocycles. The molecular formula is C27H38O7. The number of allylic oxidation sites excluding steroid dienone is 1. The molecule has 7 heteroatoms. The predicted octanol–water partition coefficient (Wildman–Crippen LogP) is 4.32. The van der Waals surface area contributed by atoms with Gasteiger partial charge in [-0.3, -0.25) is 19.2 Å². The molecule has 7 nitrogen and oxygen atoms in total. The predicted molar refractivity (Wildman–Crippen MR) is 123 cm³/mol. The quantitative estimate of drug-likeness (QED) is 0.333. The molecule has 4 aliphatic carbocycles. The zero-order valence-electron chi connectivity index (χ0n) is 21.1. The van der Waals surface area contributed by atoms with Crippen molar-refractivity contribution in [3.05, 3.63) is 11.6 Å². The molecule has 7 atom stereocenters. The molecule has 0 unspecified atom stereocenters. The van der Waals surface area contributed by atoms with Gasteiger partial charge in [0.2, 0.25) is 5.78 Å². The summed E-state index contributed by atoms with van der Waals surface area (Å²) in [4.78, 5) is 48.5. The molecule has 3 saturated carbocycles. The number of hydrogen-bond donors (Lipinski definition) is 0. The maximum atomic E-state index is 13.4. The second-order valence-electron chi connectivity index (χ2n) is 11.4. The number of ether oxygens (including phenoxy) is 3. The fraction of sp³-hybridized carbons (Fsp3) is 0.778. The van der Waals surface area contributed by atoms with Crippen LogP contribution in [0.5, 0.6) is 0 Å². The monoisotopic (exact) mass is 474 g/mol. The first kappa shape index (κ1) is 24.9. The van der Waals surface area contributed by atoms with Crippen LogP contribution >= 0.6 is 0 Å². The normalized spacial score (nSPS) is 40.7. The van der Waals surface area contributed by atoms with Gasteiger partial charge in [0.05, 0.1) is 0 Å². The van der Waals surface area contributed by atoms with E-state index in [2.05, 4.69) is 19.9 Å². The van der Waals surface area contributed by atoms with Crippen LogP contribution in [0.3, 0.4) is 0 Å². The van der Waals surface area contributed by atoms with Gasteiger partial charge in [-0.1, -0.05) is 25.5 Å². The number of Topliss-reactive ketones (excluding diaryl/α,β-unsaturated/α-hetero) is 1. The third kappa shape index (κ3) is 3.89. The summed E-state index contributed by atoms with van der Waals surface area (Å²) in [5.74, 6) is -0.382. The molecule has 4 rings (SSSR count). The summed E-state index contributed by atoms with van der Waals surface area (Å²) in [5.41, 5.74) is -0.268. The number of carbonyl (C=O) groups excluding carboxylic acids is 4. The third-order valence-corrected chi connectivity index (χ3v) is 9.69. The first-order chi connectivity index (χ1) is 15.9. The molecule has 0 N–H and O–H groups in total. The average molecular weight is 475 g/mol. The molecule has 0 aliphatic heterocycles. The number of carbonyl (C=O) groups is 4. The largest absolute Gasteiger partial charge is 0.462 e. The van der Waals surface area contributed by atoms with Crippen molar-refractivity contribution in [2.45, 2.75) is 97.7 Å². The molecule has 0 amide bonds. The SMILES string of the molecule is CC(=O)OCC(=O)[C@@]1(OC(C)=O)CC[C@H]2[C@@H]3CC=C4C[C@@H](OC(C)=O)CC[C@]4(C)[C@H]3CC[C@@]21C. The third-order valence-electron chi connectivity index (χ3n) is 9.69. The Labute approximate surface area is 202 Å². The lowest BCUT2D eigenvalue weighted by Crippen LogP contribution is -2.59. The Hall–Kier alpha value is -2.18. The molecular weight excluding hydrogens is 436 g/mol. The number of rotatable bonds is 5. The maximum Gasteiger partial charge on any atom is 0.303 e. The Morgan fingerprint density at radius 1 is 0.912 bits per heavy atom. The highest BCUT2D eigenvalue weighted by Gasteiger charge is 2.68. The number of fused-ring (bicyclic) bond motifs is 5. The Kier molecular flexibility index (Phi) is 6.45. The van der Waals surface area contributed by atoms with E-state index in [1.165, 1.54) is 26.3 Å². The van der Waals surface area contributed by atoms with Crippen LogP contribution in [0.1, 0.15) is 86.0 Å². The highest BCUT2D eigenvalue weighted by Crippen LogP contribution is 2.68. The van der Waals surface area contributed by atoms with Crippen molar-refractivity contribution in [2.24, 2.45) is 28.6 Å². The van der Waals surface area contributed by atoms with Gasteiger partial charge < -0.3 is 14.2 Å². The Morgan fingerprint density at radius 2 is 1.62 bits per heavy atom. The van der Waals surface area contributed by atoms with E-state index in [4.69, 9.17) is 14.2 Å². The number of esters is 3. The van der Waals surface area contributed by atoms with E-state index < -0.39 is 23.0 Å². The minimum Gasteiger partial charge on any atom is -0.462 e. The molecule has 0 heterocycles. The molecule has 0 radical (unpaired) electrons. The van der Waals surface area contributed by atoms with Gasteiger partial charge in [0.1, 0.15) is 6.10 Å². The topological polar surface area (TPSA) is 96.0 Å². The summed E-state index contributed by atoms with van der Waals surface area (Å²) in [5, 5.41) is 0. The minimum atomic E-state index is -1.25. The van der Waals surface area contributed by atoms with Gasteiger partial charge in [0.25, 0.3) is 0 Å². The van der Waals surface area contributed by atoms with Crippen molar-refractivity contribution in [3.63, 3.8) is 0 Å². The van der Waals surface area contributed by atoms with Crippen LogP contribution in [0.15, 0.2) is 11.6 Å². The van der Waals surface area contributed by atoms with Gasteiger partial charge in [-0.25, -0.2) is 0 Å². The van der Waals surface area contributed by atoms with E-state index in [1.54, 1.807) is 0 Å². The number of ketones is 1. The first-order valence-electron chi connectivity index (χ1n) is 12.7. The van der Waals surface area contributed by atoms with Crippen LogP contribution in [0, 0.1) is 28.6 Å². The van der Waals surface area contributed by atoms with Gasteiger partial charge in [-0.05, 0) is 68.1 Å². The summed E-state index contributed by atoms with van der Waals surface area (Å²) in [6.45, 7) is 8.20. The highest BCUT2D eigenvalue weighted by atomic mass is 16.6. The highest BCUT2D eigenvalue weighted by molar-refractivity contribution is 5.93. The van der Waals surface area contributed by atoms with E-state index in [9.17, 15) is 19.2 Å². The summed E-state index contributed by atoms with van der Waals surface area (Å²) in [6.07, 6.45) is 8.93. The lowest BCUT2D eigenvalue weighted by Gasteiger charge is -2.59. The molecule has 3 fully saturated rings. The van der Waals surface area contributed by atoms with Gasteiger partial charge in [0.15, 0.2) is 12.2 Å². The van der Waals surface area contributed by atoms with Crippen LogP contribution < -0.4 is 0 Å². The lowest BCUT2D eigenvalue weighted by atomic mass is 9.46. The lowest BCUT2D eigenvalue weighted by molar-refractivity contribution is -0.190. The molecule has 34 heavy (non-hydrogen) atoms. The minimum absolute atomic E-state index is 0.0378. The van der Waals surface area contributed by atoms with Gasteiger partial charge in [0, 0.05) is 32.6 Å². The van der Waals surface area contributed by atoms with E-state index >= 15 is 0 Å². The summed E-state index contributed by atoms with van der Waals surface area (Å²) < 4.78 is 16.5. The van der Waals surface area contributed by atoms with E-state index in [-0.39, 0.29) is 35.8 Å². The van der Waals surface area contributed by atoms with E-state index in [0.717, 1.165) is 44.9 Å². The average Bonchev–Trinajstić information content (AvgIpc) is 3.04. The van der Waals surface area contributed by atoms with Gasteiger partial charge in [-0.15, -0.1) is 0 Å². The molecule has 0 saturated heterocycles. The molecule has 4 aliphatic rings. The first-order valence-corrected chi connectivity index (χ1v) is 12.7. The molecule has 0 aromatic heterocycles. The van der Waals surface area contributed by atoms with Crippen molar-refractivity contribution in [1.82, 2.24) is 0 Å². The van der Waals surface area contributed by atoms with Crippen molar-refractivity contribution in [1.29, 1.82) is 0 Å². The smallest absolute Gasteiger partial charge is 0.303 e. The van der Waals surface area contributed by atoms with Crippen LogP contribution in [0.4, 0.5) is 0 Å². The molecule has 0 aromatic rings. The second-order valence-corrected chi connectivity index (χ2v) is 11.4. The van der Waals surface area contributed by atoms with Crippen molar-refractivity contribution < 1.29 is 33.4 Å². The molecule has 0 spiro atoms. The molecule has 188 valence electrons. The zero-order valence-corrected chi connectivity index (χ0v) is 21.1. The summed E-state index contributed by atoms with van der Waals surface area (Å²) in [6, 6.07) is 0. The zero-order chi connectivity index (χ0) is 24.9. The number of hydrogen-bond acceptors (Lipinski definition) is 7. The van der Waals surface area contributed by atoms with Crippen molar-refractivity contribution in [3.8, 4) is 0 Å². The summed E-state index contributed by atoms with van der Waals surface area (Å²) in [7, 11) is 0. The fourth-order valence-electron chi connectivity index (χ4n) is 8.17. The van der Waals surface area contributed by atoms with Crippen LogP contribution in [0.25, 0.3) is 0 Å². The second kappa shape index (κ2) is 8.80. The fourth-order valence-corrected chi connectivity index (χ4v) is 8.17. The van der Waals surface area contributed by atoms with Gasteiger partial charge >= 0.3 is 17.9 Å². The van der Waals surface area contributed by atoms with Crippen molar-refractivity contribution >= 4 is 23.7 Å². The maximum absolute atomic E-state index is 13.4.